The minimum absolute atomic E-state index is 0.0576. The van der Waals surface area contributed by atoms with E-state index in [0.29, 0.717) is 19.1 Å². The maximum absolute atomic E-state index is 12.2. The Morgan fingerprint density at radius 3 is 2.86 bits per heavy atom. The van der Waals surface area contributed by atoms with Gasteiger partial charge in [-0.05, 0) is 42.9 Å². The second-order valence-corrected chi connectivity index (χ2v) is 7.41. The molecular weight excluding hydrogens is 352 g/mol. The molecule has 1 aliphatic heterocycles. The summed E-state index contributed by atoms with van der Waals surface area (Å²) >= 11 is 0. The van der Waals surface area contributed by atoms with E-state index in [1.165, 1.54) is 25.7 Å². The number of unbranched alkanes of at least 4 members (excludes halogenated alkanes) is 1. The largest absolute Gasteiger partial charge is 0.368 e. The van der Waals surface area contributed by atoms with E-state index in [4.69, 9.17) is 4.74 Å². The predicted octanol–water partition coefficient (Wildman–Crippen LogP) is 3.69. The monoisotopic (exact) mass is 388 g/mol. The first-order valence-corrected chi connectivity index (χ1v) is 10.6. The lowest BCUT2D eigenvalue weighted by Crippen LogP contribution is -2.39. The van der Waals surface area contributed by atoms with Gasteiger partial charge in [-0.2, -0.15) is 0 Å². The van der Waals surface area contributed by atoms with Crippen molar-refractivity contribution in [3.63, 3.8) is 0 Å². The molecular formula is C22H36N4O2. The maximum atomic E-state index is 12.2. The standard InChI is InChI=1S/C22H36N4O2/c1-4-6-9-17(5-2)15-24-22(23-3)25-16-18-10-7-11-19(14-18)26-21(27)20-12-8-13-28-20/h7,10-11,14,17,20H,4-6,8-9,12-13,15-16H2,1-3H3,(H,26,27)(H2,23,24,25). The normalized spacial score (nSPS) is 18.0. The number of nitrogens with zero attached hydrogens (tertiary/aromatic N) is 1. The fraction of sp³-hybridized carbons (Fsp3) is 0.636. The maximum Gasteiger partial charge on any atom is 0.253 e. The quantitative estimate of drug-likeness (QED) is 0.422. The molecule has 1 aromatic carbocycles. The van der Waals surface area contributed by atoms with Gasteiger partial charge in [0.25, 0.3) is 5.91 Å². The van der Waals surface area contributed by atoms with Crippen molar-refractivity contribution in [3.8, 4) is 0 Å². The molecule has 1 amide bonds. The van der Waals surface area contributed by atoms with E-state index in [2.05, 4.69) is 34.8 Å². The summed E-state index contributed by atoms with van der Waals surface area (Å²) in [4.78, 5) is 16.5. The Morgan fingerprint density at radius 1 is 1.32 bits per heavy atom. The van der Waals surface area contributed by atoms with Crippen molar-refractivity contribution in [1.29, 1.82) is 0 Å². The molecule has 0 saturated carbocycles. The molecule has 0 spiro atoms. The average Bonchev–Trinajstić information content (AvgIpc) is 3.25. The van der Waals surface area contributed by atoms with Crippen LogP contribution in [-0.2, 0) is 16.1 Å². The van der Waals surface area contributed by atoms with Crippen LogP contribution in [0.4, 0.5) is 5.69 Å². The molecule has 6 heteroatoms. The van der Waals surface area contributed by atoms with Crippen LogP contribution >= 0.6 is 0 Å². The lowest BCUT2D eigenvalue weighted by Gasteiger charge is -2.18. The fourth-order valence-electron chi connectivity index (χ4n) is 3.36. The molecule has 156 valence electrons. The number of nitrogens with one attached hydrogen (secondary N) is 3. The number of hydrogen-bond donors (Lipinski definition) is 3. The van der Waals surface area contributed by atoms with Crippen LogP contribution in [0.3, 0.4) is 0 Å². The zero-order valence-electron chi connectivity index (χ0n) is 17.6. The summed E-state index contributed by atoms with van der Waals surface area (Å²) in [6.45, 7) is 6.74. The van der Waals surface area contributed by atoms with Crippen molar-refractivity contribution in [3.05, 3.63) is 29.8 Å². The molecule has 1 fully saturated rings. The van der Waals surface area contributed by atoms with E-state index < -0.39 is 0 Å². The van der Waals surface area contributed by atoms with Gasteiger partial charge in [-0.3, -0.25) is 9.79 Å². The summed E-state index contributed by atoms with van der Waals surface area (Å²) in [6, 6.07) is 7.89. The van der Waals surface area contributed by atoms with Crippen molar-refractivity contribution in [1.82, 2.24) is 10.6 Å². The Kier molecular flexibility index (Phi) is 9.83. The third kappa shape index (κ3) is 7.50. The minimum atomic E-state index is -0.316. The van der Waals surface area contributed by atoms with Gasteiger partial charge in [0.15, 0.2) is 5.96 Å². The third-order valence-corrected chi connectivity index (χ3v) is 5.20. The Balaban J connectivity index is 1.81. The number of guanidine groups is 1. The summed E-state index contributed by atoms with van der Waals surface area (Å²) in [5.41, 5.74) is 1.89. The lowest BCUT2D eigenvalue weighted by molar-refractivity contribution is -0.124. The summed E-state index contributed by atoms with van der Waals surface area (Å²) in [5.74, 6) is 1.43. The second kappa shape index (κ2) is 12.4. The molecule has 3 N–H and O–H groups in total. The first-order chi connectivity index (χ1) is 13.7. The van der Waals surface area contributed by atoms with Crippen LogP contribution in [-0.4, -0.2) is 38.2 Å². The summed E-state index contributed by atoms with van der Waals surface area (Å²) in [6.07, 6.45) is 6.38. The van der Waals surface area contributed by atoms with Crippen LogP contribution in [0, 0.1) is 5.92 Å². The summed E-state index contributed by atoms with van der Waals surface area (Å²) < 4.78 is 5.44. The van der Waals surface area contributed by atoms with Crippen LogP contribution in [0.1, 0.15) is 57.9 Å². The summed E-state index contributed by atoms with van der Waals surface area (Å²) in [5, 5.41) is 9.75. The number of aliphatic imine (C=N–C) groups is 1. The van der Waals surface area contributed by atoms with Gasteiger partial charge in [0.2, 0.25) is 0 Å². The third-order valence-electron chi connectivity index (χ3n) is 5.20. The second-order valence-electron chi connectivity index (χ2n) is 7.41. The van der Waals surface area contributed by atoms with Crippen LogP contribution < -0.4 is 16.0 Å². The van der Waals surface area contributed by atoms with Gasteiger partial charge >= 0.3 is 0 Å². The van der Waals surface area contributed by atoms with Crippen LogP contribution in [0.25, 0.3) is 0 Å². The Labute approximate surface area is 169 Å². The first-order valence-electron chi connectivity index (χ1n) is 10.6. The number of benzene rings is 1. The molecule has 6 nitrogen and oxygen atoms in total. The van der Waals surface area contributed by atoms with Crippen LogP contribution in [0.5, 0.6) is 0 Å². The van der Waals surface area contributed by atoms with Crippen molar-refractivity contribution in [2.24, 2.45) is 10.9 Å². The van der Waals surface area contributed by atoms with E-state index in [0.717, 1.165) is 36.6 Å². The molecule has 28 heavy (non-hydrogen) atoms. The number of amides is 1. The molecule has 1 aromatic rings. The molecule has 1 heterocycles. The highest BCUT2D eigenvalue weighted by molar-refractivity contribution is 5.94. The van der Waals surface area contributed by atoms with Crippen molar-refractivity contribution < 1.29 is 9.53 Å². The van der Waals surface area contributed by atoms with Gasteiger partial charge in [-0.15, -0.1) is 0 Å². The fourth-order valence-corrected chi connectivity index (χ4v) is 3.36. The van der Waals surface area contributed by atoms with Gasteiger partial charge in [0.05, 0.1) is 0 Å². The first kappa shape index (κ1) is 22.2. The van der Waals surface area contributed by atoms with E-state index >= 15 is 0 Å². The number of hydrogen-bond acceptors (Lipinski definition) is 3. The number of carbonyl (C=O) groups is 1. The Morgan fingerprint density at radius 2 is 2.18 bits per heavy atom. The van der Waals surface area contributed by atoms with Gasteiger partial charge in [0, 0.05) is 32.4 Å². The highest BCUT2D eigenvalue weighted by Crippen LogP contribution is 2.16. The molecule has 2 rings (SSSR count). The topological polar surface area (TPSA) is 74.8 Å². The Hall–Kier alpha value is -2.08. The zero-order chi connectivity index (χ0) is 20.2. The smallest absolute Gasteiger partial charge is 0.253 e. The van der Waals surface area contributed by atoms with E-state index in [1.54, 1.807) is 7.05 Å². The van der Waals surface area contributed by atoms with Gasteiger partial charge in [-0.25, -0.2) is 0 Å². The molecule has 1 saturated heterocycles. The van der Waals surface area contributed by atoms with E-state index in [-0.39, 0.29) is 12.0 Å². The Bertz CT molecular complexity index is 627. The van der Waals surface area contributed by atoms with E-state index in [1.807, 2.05) is 24.3 Å². The van der Waals surface area contributed by atoms with Crippen molar-refractivity contribution in [2.75, 3.05) is 25.5 Å². The van der Waals surface area contributed by atoms with Crippen LogP contribution in [0.2, 0.25) is 0 Å². The number of carbonyl (C=O) groups excluding carboxylic acids is 1. The molecule has 2 atom stereocenters. The lowest BCUT2D eigenvalue weighted by atomic mass is 9.99. The molecule has 0 radical (unpaired) electrons. The predicted molar refractivity (Wildman–Crippen MR) is 116 cm³/mol. The van der Waals surface area contributed by atoms with Gasteiger partial charge < -0.3 is 20.7 Å². The van der Waals surface area contributed by atoms with E-state index in [9.17, 15) is 4.79 Å². The van der Waals surface area contributed by atoms with Crippen LogP contribution in [0.15, 0.2) is 29.3 Å². The minimum Gasteiger partial charge on any atom is -0.368 e. The van der Waals surface area contributed by atoms with Gasteiger partial charge in [-0.1, -0.05) is 45.2 Å². The molecule has 2 unspecified atom stereocenters. The molecule has 0 bridgehead atoms. The average molecular weight is 389 g/mol. The molecule has 1 aliphatic rings. The highest BCUT2D eigenvalue weighted by atomic mass is 16.5. The SMILES string of the molecule is CCCCC(CC)CNC(=NC)NCc1cccc(NC(=O)C2CCCO2)c1. The number of ether oxygens (including phenoxy) is 1. The van der Waals surface area contributed by atoms with Crippen molar-refractivity contribution in [2.45, 2.75) is 65.0 Å². The molecule has 0 aliphatic carbocycles. The summed E-state index contributed by atoms with van der Waals surface area (Å²) in [7, 11) is 1.79. The number of rotatable bonds is 10. The van der Waals surface area contributed by atoms with Gasteiger partial charge in [0.1, 0.15) is 6.10 Å². The molecule has 0 aromatic heterocycles. The number of anilines is 1. The zero-order valence-corrected chi connectivity index (χ0v) is 17.6. The highest BCUT2D eigenvalue weighted by Gasteiger charge is 2.23. The van der Waals surface area contributed by atoms with Crippen molar-refractivity contribution >= 4 is 17.6 Å².